The number of rotatable bonds is 3. The molecule has 2 aliphatic carbocycles. The van der Waals surface area contributed by atoms with E-state index in [0.29, 0.717) is 12.5 Å². The molecular formula is C12H21NO2. The molecule has 3 heteroatoms. The van der Waals surface area contributed by atoms with E-state index < -0.39 is 5.54 Å². The summed E-state index contributed by atoms with van der Waals surface area (Å²) >= 11 is 0. The van der Waals surface area contributed by atoms with Crippen LogP contribution in [-0.4, -0.2) is 18.1 Å². The van der Waals surface area contributed by atoms with Crippen molar-refractivity contribution in [1.82, 2.24) is 0 Å². The fourth-order valence-electron chi connectivity index (χ4n) is 2.72. The Hall–Kier alpha value is -0.570. The molecule has 2 rings (SSSR count). The molecule has 0 heterocycles. The van der Waals surface area contributed by atoms with E-state index in [0.717, 1.165) is 25.7 Å². The monoisotopic (exact) mass is 211 g/mol. The van der Waals surface area contributed by atoms with Crippen LogP contribution in [0.2, 0.25) is 0 Å². The Morgan fingerprint density at radius 3 is 2.40 bits per heavy atom. The van der Waals surface area contributed by atoms with Crippen molar-refractivity contribution in [1.29, 1.82) is 0 Å². The van der Waals surface area contributed by atoms with Gasteiger partial charge in [-0.2, -0.15) is 0 Å². The molecule has 0 aromatic carbocycles. The fraction of sp³-hybridized carbons (Fsp3) is 0.917. The molecule has 0 aliphatic heterocycles. The quantitative estimate of drug-likeness (QED) is 0.726. The van der Waals surface area contributed by atoms with E-state index in [9.17, 15) is 4.79 Å². The first-order valence-electron chi connectivity index (χ1n) is 6.17. The van der Waals surface area contributed by atoms with E-state index in [4.69, 9.17) is 10.5 Å². The van der Waals surface area contributed by atoms with Crippen LogP contribution in [0.5, 0.6) is 0 Å². The molecule has 2 N–H and O–H groups in total. The van der Waals surface area contributed by atoms with Gasteiger partial charge >= 0.3 is 5.97 Å². The van der Waals surface area contributed by atoms with E-state index in [2.05, 4.69) is 0 Å². The summed E-state index contributed by atoms with van der Waals surface area (Å²) in [5.41, 5.74) is 5.36. The maximum absolute atomic E-state index is 11.8. The zero-order valence-electron chi connectivity index (χ0n) is 9.34. The molecule has 0 aromatic heterocycles. The van der Waals surface area contributed by atoms with E-state index in [1.54, 1.807) is 0 Å². The minimum atomic E-state index is -0.654. The van der Waals surface area contributed by atoms with Gasteiger partial charge in [-0.05, 0) is 31.6 Å². The zero-order valence-corrected chi connectivity index (χ0v) is 9.34. The first kappa shape index (κ1) is 10.9. The molecule has 2 saturated carbocycles. The van der Waals surface area contributed by atoms with Crippen molar-refractivity contribution in [3.8, 4) is 0 Å². The average molecular weight is 211 g/mol. The van der Waals surface area contributed by atoms with Crippen LogP contribution in [0.3, 0.4) is 0 Å². The molecule has 0 aromatic rings. The van der Waals surface area contributed by atoms with Crippen molar-refractivity contribution in [3.63, 3.8) is 0 Å². The van der Waals surface area contributed by atoms with Gasteiger partial charge in [0, 0.05) is 0 Å². The lowest BCUT2D eigenvalue weighted by molar-refractivity contribution is -0.151. The van der Waals surface area contributed by atoms with Crippen molar-refractivity contribution in [2.75, 3.05) is 6.61 Å². The van der Waals surface area contributed by atoms with Gasteiger partial charge in [0.2, 0.25) is 0 Å². The Morgan fingerprint density at radius 2 is 1.80 bits per heavy atom. The summed E-state index contributed by atoms with van der Waals surface area (Å²) in [6.07, 6.45) is 8.73. The third-order valence-corrected chi connectivity index (χ3v) is 3.83. The standard InChI is InChI=1S/C12H21NO2/c13-12(7-3-4-8-12)11(14)15-9-10-5-1-2-6-10/h10H,1-9,13H2. The second kappa shape index (κ2) is 4.52. The maximum Gasteiger partial charge on any atom is 0.326 e. The molecule has 2 aliphatic rings. The minimum Gasteiger partial charge on any atom is -0.464 e. The lowest BCUT2D eigenvalue weighted by Crippen LogP contribution is -2.46. The zero-order chi connectivity index (χ0) is 10.7. The van der Waals surface area contributed by atoms with Crippen LogP contribution < -0.4 is 5.73 Å². The van der Waals surface area contributed by atoms with Gasteiger partial charge in [0.25, 0.3) is 0 Å². The van der Waals surface area contributed by atoms with Crippen LogP contribution in [0.25, 0.3) is 0 Å². The molecule has 0 radical (unpaired) electrons. The summed E-state index contributed by atoms with van der Waals surface area (Å²) in [6, 6.07) is 0. The first-order valence-corrected chi connectivity index (χ1v) is 6.17. The van der Waals surface area contributed by atoms with Crippen molar-refractivity contribution in [2.45, 2.75) is 56.9 Å². The Bertz CT molecular complexity index is 228. The lowest BCUT2D eigenvalue weighted by Gasteiger charge is -2.22. The van der Waals surface area contributed by atoms with E-state index in [1.807, 2.05) is 0 Å². The van der Waals surface area contributed by atoms with Gasteiger partial charge in [0.1, 0.15) is 5.54 Å². The molecule has 0 amide bonds. The number of esters is 1. The fourth-order valence-corrected chi connectivity index (χ4v) is 2.72. The number of nitrogens with two attached hydrogens (primary N) is 1. The first-order chi connectivity index (χ1) is 7.21. The highest BCUT2D eigenvalue weighted by Crippen LogP contribution is 2.29. The van der Waals surface area contributed by atoms with Crippen LogP contribution in [0.1, 0.15) is 51.4 Å². The van der Waals surface area contributed by atoms with Crippen LogP contribution in [0.15, 0.2) is 0 Å². The molecule has 0 unspecified atom stereocenters. The largest absolute Gasteiger partial charge is 0.464 e. The summed E-state index contributed by atoms with van der Waals surface area (Å²) in [5.74, 6) is 0.436. The second-order valence-corrected chi connectivity index (χ2v) is 5.11. The lowest BCUT2D eigenvalue weighted by atomic mass is 10.00. The molecule has 86 valence electrons. The summed E-state index contributed by atoms with van der Waals surface area (Å²) < 4.78 is 5.35. The van der Waals surface area contributed by atoms with Gasteiger partial charge < -0.3 is 10.5 Å². The highest BCUT2D eigenvalue weighted by molar-refractivity contribution is 5.80. The second-order valence-electron chi connectivity index (χ2n) is 5.11. The van der Waals surface area contributed by atoms with E-state index >= 15 is 0 Å². The van der Waals surface area contributed by atoms with E-state index in [1.165, 1.54) is 25.7 Å². The Kier molecular flexibility index (Phi) is 3.29. The molecule has 15 heavy (non-hydrogen) atoms. The third-order valence-electron chi connectivity index (χ3n) is 3.83. The average Bonchev–Trinajstić information content (AvgIpc) is 2.85. The predicted octanol–water partition coefficient (Wildman–Crippen LogP) is 1.99. The van der Waals surface area contributed by atoms with Gasteiger partial charge in [0.15, 0.2) is 0 Å². The molecule has 0 atom stereocenters. The topological polar surface area (TPSA) is 52.3 Å². The van der Waals surface area contributed by atoms with Crippen molar-refractivity contribution < 1.29 is 9.53 Å². The predicted molar refractivity (Wildman–Crippen MR) is 58.3 cm³/mol. The van der Waals surface area contributed by atoms with Crippen molar-refractivity contribution in [2.24, 2.45) is 11.7 Å². The molecule has 3 nitrogen and oxygen atoms in total. The van der Waals surface area contributed by atoms with Crippen LogP contribution in [-0.2, 0) is 9.53 Å². The number of carbonyl (C=O) groups is 1. The highest BCUT2D eigenvalue weighted by atomic mass is 16.5. The van der Waals surface area contributed by atoms with Gasteiger partial charge in [-0.15, -0.1) is 0 Å². The van der Waals surface area contributed by atoms with Crippen LogP contribution in [0.4, 0.5) is 0 Å². The Balaban J connectivity index is 1.76. The van der Waals surface area contributed by atoms with Gasteiger partial charge in [-0.25, -0.2) is 0 Å². The van der Waals surface area contributed by atoms with Crippen molar-refractivity contribution in [3.05, 3.63) is 0 Å². The van der Waals surface area contributed by atoms with Crippen LogP contribution >= 0.6 is 0 Å². The van der Waals surface area contributed by atoms with Gasteiger partial charge in [0.05, 0.1) is 6.61 Å². The molecule has 0 saturated heterocycles. The Labute approximate surface area is 91.4 Å². The summed E-state index contributed by atoms with van der Waals surface area (Å²) in [7, 11) is 0. The summed E-state index contributed by atoms with van der Waals surface area (Å²) in [6.45, 7) is 0.595. The maximum atomic E-state index is 11.8. The smallest absolute Gasteiger partial charge is 0.326 e. The highest BCUT2D eigenvalue weighted by Gasteiger charge is 2.38. The molecule has 0 spiro atoms. The summed E-state index contributed by atoms with van der Waals surface area (Å²) in [4.78, 5) is 11.8. The number of hydrogen-bond donors (Lipinski definition) is 1. The number of carbonyl (C=O) groups excluding carboxylic acids is 1. The number of ether oxygens (including phenoxy) is 1. The summed E-state index contributed by atoms with van der Waals surface area (Å²) in [5, 5.41) is 0. The third kappa shape index (κ3) is 2.51. The molecule has 0 bridgehead atoms. The minimum absolute atomic E-state index is 0.160. The molecular weight excluding hydrogens is 190 g/mol. The normalized spacial score (nSPS) is 25.7. The van der Waals surface area contributed by atoms with E-state index in [-0.39, 0.29) is 5.97 Å². The van der Waals surface area contributed by atoms with Crippen LogP contribution in [0, 0.1) is 5.92 Å². The van der Waals surface area contributed by atoms with Crippen molar-refractivity contribution >= 4 is 5.97 Å². The SMILES string of the molecule is NC1(C(=O)OCC2CCCC2)CCCC1. The molecule has 2 fully saturated rings. The Morgan fingerprint density at radius 1 is 1.20 bits per heavy atom. The number of hydrogen-bond acceptors (Lipinski definition) is 3. The van der Waals surface area contributed by atoms with Gasteiger partial charge in [-0.1, -0.05) is 25.7 Å². The van der Waals surface area contributed by atoms with Gasteiger partial charge in [-0.3, -0.25) is 4.79 Å².